The Balaban J connectivity index is 1.78. The van der Waals surface area contributed by atoms with Crippen molar-refractivity contribution >= 4 is 21.4 Å². The smallest absolute Gasteiger partial charge is 0.0641 e. The van der Waals surface area contributed by atoms with Crippen LogP contribution < -0.4 is 5.32 Å². The minimum Gasteiger partial charge on any atom is -0.375 e. The zero-order valence-electron chi connectivity index (χ0n) is 13.4. The SMILES string of the molecule is Cc1c(C(C)NC2CCOC(C)(C)C2)sc2ccccc12. The molecule has 0 aliphatic carbocycles. The normalized spacial score (nSPS) is 23.3. The minimum atomic E-state index is 0.00481. The van der Waals surface area contributed by atoms with Gasteiger partial charge in [0.1, 0.15) is 0 Å². The number of fused-ring (bicyclic) bond motifs is 1. The molecule has 1 aromatic heterocycles. The molecule has 2 aromatic rings. The molecular weight excluding hydrogens is 278 g/mol. The van der Waals surface area contributed by atoms with Gasteiger partial charge in [-0.15, -0.1) is 11.3 Å². The second kappa shape index (κ2) is 5.71. The van der Waals surface area contributed by atoms with Gasteiger partial charge in [-0.1, -0.05) is 18.2 Å². The zero-order valence-corrected chi connectivity index (χ0v) is 14.2. The molecule has 0 amide bonds. The van der Waals surface area contributed by atoms with Crippen molar-refractivity contribution in [2.75, 3.05) is 6.61 Å². The van der Waals surface area contributed by atoms with Crippen LogP contribution in [0.5, 0.6) is 0 Å². The van der Waals surface area contributed by atoms with E-state index in [1.807, 2.05) is 11.3 Å². The molecule has 0 radical (unpaired) electrons. The first kappa shape index (κ1) is 15.0. The Bertz CT molecular complexity index is 631. The van der Waals surface area contributed by atoms with E-state index in [9.17, 15) is 0 Å². The van der Waals surface area contributed by atoms with Gasteiger partial charge in [-0.05, 0) is 57.6 Å². The first-order valence-electron chi connectivity index (χ1n) is 7.84. The lowest BCUT2D eigenvalue weighted by molar-refractivity contribution is -0.0639. The number of benzene rings is 1. The molecule has 0 spiro atoms. The molecule has 1 saturated heterocycles. The Labute approximate surface area is 131 Å². The Morgan fingerprint density at radius 3 is 2.81 bits per heavy atom. The summed E-state index contributed by atoms with van der Waals surface area (Å²) in [6.45, 7) is 9.79. The minimum absolute atomic E-state index is 0.00481. The molecule has 2 nitrogen and oxygen atoms in total. The highest BCUT2D eigenvalue weighted by atomic mass is 32.1. The molecule has 0 saturated carbocycles. The number of nitrogens with one attached hydrogen (secondary N) is 1. The molecule has 3 heteroatoms. The fourth-order valence-electron chi connectivity index (χ4n) is 3.41. The van der Waals surface area contributed by atoms with Crippen molar-refractivity contribution in [2.24, 2.45) is 0 Å². The van der Waals surface area contributed by atoms with Crippen molar-refractivity contribution in [3.8, 4) is 0 Å². The van der Waals surface area contributed by atoms with Gasteiger partial charge < -0.3 is 10.1 Å². The molecule has 1 fully saturated rings. The fraction of sp³-hybridized carbons (Fsp3) is 0.556. The number of rotatable bonds is 3. The molecule has 1 aliphatic heterocycles. The van der Waals surface area contributed by atoms with Crippen molar-refractivity contribution in [2.45, 2.75) is 58.2 Å². The number of aryl methyl sites for hydroxylation is 1. The van der Waals surface area contributed by atoms with Crippen LogP contribution in [0.15, 0.2) is 24.3 Å². The maximum atomic E-state index is 5.82. The highest BCUT2D eigenvalue weighted by Crippen LogP contribution is 2.35. The van der Waals surface area contributed by atoms with Crippen LogP contribution in [0.2, 0.25) is 0 Å². The van der Waals surface area contributed by atoms with E-state index in [1.165, 1.54) is 20.5 Å². The molecule has 0 bridgehead atoms. The van der Waals surface area contributed by atoms with Gasteiger partial charge in [0.05, 0.1) is 5.60 Å². The summed E-state index contributed by atoms with van der Waals surface area (Å²) in [7, 11) is 0. The third kappa shape index (κ3) is 3.15. The lowest BCUT2D eigenvalue weighted by Crippen LogP contribution is -2.44. The van der Waals surface area contributed by atoms with Crippen LogP contribution >= 0.6 is 11.3 Å². The lowest BCUT2D eigenvalue weighted by Gasteiger charge is -2.37. The maximum Gasteiger partial charge on any atom is 0.0641 e. The average Bonchev–Trinajstić information content (AvgIpc) is 2.76. The van der Waals surface area contributed by atoms with Gasteiger partial charge in [0.25, 0.3) is 0 Å². The van der Waals surface area contributed by atoms with Crippen LogP contribution in [0.4, 0.5) is 0 Å². The van der Waals surface area contributed by atoms with Crippen molar-refractivity contribution in [1.82, 2.24) is 5.32 Å². The summed E-state index contributed by atoms with van der Waals surface area (Å²) in [4.78, 5) is 1.47. The Morgan fingerprint density at radius 2 is 2.10 bits per heavy atom. The third-order valence-electron chi connectivity index (χ3n) is 4.46. The van der Waals surface area contributed by atoms with Gasteiger partial charge in [-0.25, -0.2) is 0 Å². The molecule has 2 heterocycles. The number of ether oxygens (including phenoxy) is 1. The standard InChI is InChI=1S/C18H25NOS/c1-12-15-7-5-6-8-16(15)21-17(12)13(2)19-14-9-10-20-18(3,4)11-14/h5-8,13-14,19H,9-11H2,1-4H3. The van der Waals surface area contributed by atoms with Crippen molar-refractivity contribution in [3.05, 3.63) is 34.7 Å². The highest BCUT2D eigenvalue weighted by Gasteiger charge is 2.30. The predicted octanol–water partition coefficient (Wildman–Crippen LogP) is 4.82. The Morgan fingerprint density at radius 1 is 1.33 bits per heavy atom. The summed E-state index contributed by atoms with van der Waals surface area (Å²) >= 11 is 1.93. The van der Waals surface area contributed by atoms with E-state index in [-0.39, 0.29) is 5.60 Å². The molecule has 2 atom stereocenters. The van der Waals surface area contributed by atoms with E-state index in [4.69, 9.17) is 4.74 Å². The van der Waals surface area contributed by atoms with Gasteiger partial charge in [0.2, 0.25) is 0 Å². The summed E-state index contributed by atoms with van der Waals surface area (Å²) in [5, 5.41) is 5.22. The van der Waals surface area contributed by atoms with Gasteiger partial charge in [-0.3, -0.25) is 0 Å². The molecule has 1 N–H and O–H groups in total. The van der Waals surface area contributed by atoms with Gasteiger partial charge in [-0.2, -0.15) is 0 Å². The molecule has 2 unspecified atom stereocenters. The second-order valence-corrected chi connectivity index (χ2v) is 7.86. The molecule has 1 aromatic carbocycles. The largest absolute Gasteiger partial charge is 0.375 e. The fourth-order valence-corrected chi connectivity index (χ4v) is 4.63. The number of hydrogen-bond donors (Lipinski definition) is 1. The van der Waals surface area contributed by atoms with Gasteiger partial charge in [0.15, 0.2) is 0 Å². The topological polar surface area (TPSA) is 21.3 Å². The van der Waals surface area contributed by atoms with Crippen LogP contribution in [-0.4, -0.2) is 18.2 Å². The summed E-state index contributed by atoms with van der Waals surface area (Å²) in [5.74, 6) is 0. The van der Waals surface area contributed by atoms with E-state index in [0.29, 0.717) is 12.1 Å². The van der Waals surface area contributed by atoms with E-state index < -0.39 is 0 Å². The monoisotopic (exact) mass is 303 g/mol. The number of thiophene rings is 1. The second-order valence-electron chi connectivity index (χ2n) is 6.77. The lowest BCUT2D eigenvalue weighted by atomic mass is 9.93. The van der Waals surface area contributed by atoms with E-state index >= 15 is 0 Å². The molecule has 3 rings (SSSR count). The van der Waals surface area contributed by atoms with Crippen LogP contribution in [0.1, 0.15) is 50.1 Å². The Kier molecular flexibility index (Phi) is 4.08. The summed E-state index contributed by atoms with van der Waals surface area (Å²) in [5.41, 5.74) is 1.44. The average molecular weight is 303 g/mol. The van der Waals surface area contributed by atoms with E-state index in [1.54, 1.807) is 0 Å². The maximum absolute atomic E-state index is 5.82. The van der Waals surface area contributed by atoms with Gasteiger partial charge >= 0.3 is 0 Å². The van der Waals surface area contributed by atoms with Crippen LogP contribution in [-0.2, 0) is 4.74 Å². The zero-order chi connectivity index (χ0) is 15.0. The quantitative estimate of drug-likeness (QED) is 0.878. The van der Waals surface area contributed by atoms with Crippen molar-refractivity contribution in [1.29, 1.82) is 0 Å². The van der Waals surface area contributed by atoms with Crippen LogP contribution in [0, 0.1) is 6.92 Å². The van der Waals surface area contributed by atoms with Crippen LogP contribution in [0.25, 0.3) is 10.1 Å². The van der Waals surface area contributed by atoms with Crippen molar-refractivity contribution < 1.29 is 4.74 Å². The first-order chi connectivity index (χ1) is 9.96. The van der Waals surface area contributed by atoms with Crippen molar-refractivity contribution in [3.63, 3.8) is 0 Å². The molecule has 21 heavy (non-hydrogen) atoms. The number of hydrogen-bond acceptors (Lipinski definition) is 3. The summed E-state index contributed by atoms with van der Waals surface area (Å²) < 4.78 is 7.21. The summed E-state index contributed by atoms with van der Waals surface area (Å²) in [6, 6.07) is 9.66. The van der Waals surface area contributed by atoms with Crippen LogP contribution in [0.3, 0.4) is 0 Å². The molecular formula is C18H25NOS. The highest BCUT2D eigenvalue weighted by molar-refractivity contribution is 7.19. The van der Waals surface area contributed by atoms with E-state index in [2.05, 4.69) is 57.3 Å². The third-order valence-corrected chi connectivity index (χ3v) is 5.91. The predicted molar refractivity (Wildman–Crippen MR) is 91.2 cm³/mol. The first-order valence-corrected chi connectivity index (χ1v) is 8.66. The molecule has 114 valence electrons. The van der Waals surface area contributed by atoms with E-state index in [0.717, 1.165) is 19.4 Å². The molecule has 1 aliphatic rings. The van der Waals surface area contributed by atoms with Gasteiger partial charge in [0, 0.05) is 28.3 Å². The Hall–Kier alpha value is -0.900. The summed E-state index contributed by atoms with van der Waals surface area (Å²) in [6.07, 6.45) is 2.19.